The first-order valence-electron chi connectivity index (χ1n) is 2.82. The maximum atomic E-state index is 12.8. The summed E-state index contributed by atoms with van der Waals surface area (Å²) < 4.78 is 37.0. The van der Waals surface area contributed by atoms with Gasteiger partial charge in [-0.25, -0.2) is 18.2 Å². The first kappa shape index (κ1) is 10.2. The molecule has 1 heterocycles. The highest BCUT2D eigenvalue weighted by molar-refractivity contribution is 14.1. The molecule has 0 fully saturated rings. The minimum atomic E-state index is -2.76. The third-order valence-electron chi connectivity index (χ3n) is 1.11. The molecule has 0 saturated carbocycles. The Kier molecular flexibility index (Phi) is 3.33. The third kappa shape index (κ3) is 2.09. The summed E-state index contributed by atoms with van der Waals surface area (Å²) >= 11 is 4.37. The number of aromatic nitrogens is 1. The van der Waals surface area contributed by atoms with Crippen LogP contribution in [0.4, 0.5) is 13.2 Å². The van der Waals surface area contributed by atoms with Crippen LogP contribution in [0.3, 0.4) is 0 Å². The topological polar surface area (TPSA) is 12.9 Å². The van der Waals surface area contributed by atoms with Crippen molar-refractivity contribution in [3.05, 3.63) is 25.8 Å². The molecule has 1 rings (SSSR count). The van der Waals surface area contributed by atoms with Gasteiger partial charge < -0.3 is 0 Å². The maximum absolute atomic E-state index is 12.8. The molecule has 0 bridgehead atoms. The summed E-state index contributed by atoms with van der Waals surface area (Å²) in [6.45, 7) is 0. The summed E-state index contributed by atoms with van der Waals surface area (Å²) in [6.07, 6.45) is -2.76. The van der Waals surface area contributed by atoms with Crippen molar-refractivity contribution in [2.24, 2.45) is 0 Å². The Labute approximate surface area is 88.6 Å². The predicted molar refractivity (Wildman–Crippen MR) is 49.6 cm³/mol. The van der Waals surface area contributed by atoms with Crippen LogP contribution in [0.5, 0.6) is 0 Å². The van der Waals surface area contributed by atoms with E-state index in [9.17, 15) is 13.2 Å². The molecule has 12 heavy (non-hydrogen) atoms. The predicted octanol–water partition coefficient (Wildman–Crippen LogP) is 3.53. The number of alkyl halides is 2. The quantitative estimate of drug-likeness (QED) is 0.557. The molecule has 1 aromatic heterocycles. The van der Waals surface area contributed by atoms with Crippen LogP contribution in [0, 0.1) is 9.52 Å². The largest absolute Gasteiger partial charge is 0.281 e. The zero-order valence-corrected chi connectivity index (χ0v) is 9.24. The highest BCUT2D eigenvalue weighted by atomic mass is 127. The third-order valence-corrected chi connectivity index (χ3v) is 2.45. The zero-order chi connectivity index (χ0) is 9.30. The van der Waals surface area contributed by atoms with Gasteiger partial charge in [0.1, 0.15) is 15.2 Å². The van der Waals surface area contributed by atoms with Crippen LogP contribution in [0.2, 0.25) is 0 Å². The molecule has 0 aromatic carbocycles. The maximum Gasteiger partial charge on any atom is 0.281 e. The van der Waals surface area contributed by atoms with Gasteiger partial charge in [0.25, 0.3) is 6.43 Å². The lowest BCUT2D eigenvalue weighted by molar-refractivity contribution is 0.144. The van der Waals surface area contributed by atoms with Crippen molar-refractivity contribution in [3.63, 3.8) is 0 Å². The van der Waals surface area contributed by atoms with Crippen LogP contribution in [0.25, 0.3) is 0 Å². The molecule has 1 aromatic rings. The Hall–Kier alpha value is 0.150. The first-order chi connectivity index (χ1) is 5.52. The van der Waals surface area contributed by atoms with Gasteiger partial charge in [0, 0.05) is 6.07 Å². The molecular formula is C6H2BrF3IN. The molecular weight excluding hydrogens is 350 g/mol. The van der Waals surface area contributed by atoms with Gasteiger partial charge in [0.2, 0.25) is 0 Å². The molecule has 6 heteroatoms. The van der Waals surface area contributed by atoms with Crippen molar-refractivity contribution >= 4 is 38.5 Å². The molecule has 0 radical (unpaired) electrons. The summed E-state index contributed by atoms with van der Waals surface area (Å²) in [6, 6.07) is 1.08. The van der Waals surface area contributed by atoms with Crippen LogP contribution in [-0.4, -0.2) is 4.98 Å². The van der Waals surface area contributed by atoms with Gasteiger partial charge in [-0.15, -0.1) is 0 Å². The van der Waals surface area contributed by atoms with E-state index in [1.165, 1.54) is 0 Å². The number of hydrogen-bond acceptors (Lipinski definition) is 1. The van der Waals surface area contributed by atoms with Crippen LogP contribution < -0.4 is 0 Å². The normalized spacial score (nSPS) is 10.8. The number of rotatable bonds is 1. The van der Waals surface area contributed by atoms with E-state index in [0.717, 1.165) is 6.07 Å². The van der Waals surface area contributed by atoms with E-state index in [-0.39, 0.29) is 8.17 Å². The fraction of sp³-hybridized carbons (Fsp3) is 0.167. The molecule has 1 nitrogen and oxygen atoms in total. The molecule has 0 amide bonds. The number of halogens is 5. The van der Waals surface area contributed by atoms with Crippen molar-refractivity contribution in [2.75, 3.05) is 0 Å². The van der Waals surface area contributed by atoms with Gasteiger partial charge >= 0.3 is 0 Å². The van der Waals surface area contributed by atoms with Crippen LogP contribution in [0.15, 0.2) is 10.5 Å². The second-order valence-corrected chi connectivity index (χ2v) is 3.82. The standard InChI is InChI=1S/C6H2BrF3IN/c7-4-2(8)1-3(11)12-5(4)6(9)10/h1,6H. The second kappa shape index (κ2) is 3.91. The zero-order valence-electron chi connectivity index (χ0n) is 5.49. The smallest absolute Gasteiger partial charge is 0.239 e. The lowest BCUT2D eigenvalue weighted by atomic mass is 10.3. The minimum Gasteiger partial charge on any atom is -0.239 e. The fourth-order valence-corrected chi connectivity index (χ4v) is 1.54. The lowest BCUT2D eigenvalue weighted by Gasteiger charge is -2.03. The Morgan fingerprint density at radius 3 is 2.58 bits per heavy atom. The highest BCUT2D eigenvalue weighted by Crippen LogP contribution is 2.28. The van der Waals surface area contributed by atoms with E-state index in [4.69, 9.17) is 0 Å². The highest BCUT2D eigenvalue weighted by Gasteiger charge is 2.17. The Morgan fingerprint density at radius 1 is 1.50 bits per heavy atom. The SMILES string of the molecule is Fc1cc(I)nc(C(F)F)c1Br. The van der Waals surface area contributed by atoms with Crippen molar-refractivity contribution < 1.29 is 13.2 Å². The number of pyridine rings is 1. The monoisotopic (exact) mass is 351 g/mol. The summed E-state index contributed by atoms with van der Waals surface area (Å²) in [5, 5.41) is 0. The summed E-state index contributed by atoms with van der Waals surface area (Å²) in [5.74, 6) is -0.718. The number of hydrogen-bond donors (Lipinski definition) is 0. The van der Waals surface area contributed by atoms with Crippen LogP contribution >= 0.6 is 38.5 Å². The molecule has 0 aliphatic carbocycles. The molecule has 0 saturated heterocycles. The van der Waals surface area contributed by atoms with E-state index in [1.807, 2.05) is 0 Å². The van der Waals surface area contributed by atoms with E-state index in [2.05, 4.69) is 20.9 Å². The summed E-state index contributed by atoms with van der Waals surface area (Å²) in [5.41, 5.74) is -0.556. The van der Waals surface area contributed by atoms with Gasteiger partial charge in [-0.1, -0.05) is 0 Å². The fourth-order valence-electron chi connectivity index (χ4n) is 0.631. The van der Waals surface area contributed by atoms with Crippen molar-refractivity contribution in [1.29, 1.82) is 0 Å². The molecule has 0 N–H and O–H groups in total. The first-order valence-corrected chi connectivity index (χ1v) is 4.69. The number of nitrogens with zero attached hydrogens (tertiary/aromatic N) is 1. The molecule has 66 valence electrons. The van der Waals surface area contributed by atoms with E-state index in [0.29, 0.717) is 0 Å². The summed E-state index contributed by atoms with van der Waals surface area (Å²) in [7, 11) is 0. The second-order valence-electron chi connectivity index (χ2n) is 1.93. The van der Waals surface area contributed by atoms with Crippen molar-refractivity contribution in [1.82, 2.24) is 4.98 Å². The van der Waals surface area contributed by atoms with E-state index < -0.39 is 17.9 Å². The van der Waals surface area contributed by atoms with Gasteiger partial charge in [0.05, 0.1) is 4.47 Å². The van der Waals surface area contributed by atoms with E-state index >= 15 is 0 Å². The Balaban J connectivity index is 3.28. The van der Waals surface area contributed by atoms with Gasteiger partial charge in [-0.2, -0.15) is 0 Å². The van der Waals surface area contributed by atoms with Crippen molar-refractivity contribution in [3.8, 4) is 0 Å². The molecule has 0 aliphatic rings. The van der Waals surface area contributed by atoms with Crippen LogP contribution in [-0.2, 0) is 0 Å². The Bertz CT molecular complexity index is 305. The lowest BCUT2D eigenvalue weighted by Crippen LogP contribution is -1.97. The van der Waals surface area contributed by atoms with Gasteiger partial charge in [-0.3, -0.25) is 0 Å². The molecule has 0 atom stereocenters. The summed E-state index contributed by atoms with van der Waals surface area (Å²) in [4.78, 5) is 3.48. The average Bonchev–Trinajstić information content (AvgIpc) is 1.96. The van der Waals surface area contributed by atoms with Gasteiger partial charge in [-0.05, 0) is 38.5 Å². The van der Waals surface area contributed by atoms with E-state index in [1.54, 1.807) is 22.6 Å². The average molecular weight is 352 g/mol. The molecule has 0 aliphatic heterocycles. The molecule has 0 spiro atoms. The molecule has 0 unspecified atom stereocenters. The minimum absolute atomic E-state index is 0.212. The van der Waals surface area contributed by atoms with Crippen LogP contribution in [0.1, 0.15) is 12.1 Å². The van der Waals surface area contributed by atoms with Gasteiger partial charge in [0.15, 0.2) is 0 Å². The Morgan fingerprint density at radius 2 is 2.08 bits per heavy atom. The van der Waals surface area contributed by atoms with Crippen molar-refractivity contribution in [2.45, 2.75) is 6.43 Å².